The second-order valence-electron chi connectivity index (χ2n) is 3.66. The summed E-state index contributed by atoms with van der Waals surface area (Å²) in [5.41, 5.74) is 0. The molecule has 0 aromatic heterocycles. The van der Waals surface area contributed by atoms with Crippen LogP contribution in [0.1, 0.15) is 19.8 Å². The summed E-state index contributed by atoms with van der Waals surface area (Å²) in [5.74, 6) is 1.21. The summed E-state index contributed by atoms with van der Waals surface area (Å²) >= 11 is 0. The first kappa shape index (κ1) is 8.54. The van der Waals surface area contributed by atoms with Crippen molar-refractivity contribution in [3.63, 3.8) is 0 Å². The Balaban J connectivity index is 1.98. The van der Waals surface area contributed by atoms with Crippen molar-refractivity contribution < 1.29 is 9.13 Å². The average Bonchev–Trinajstić information content (AvgIpc) is 2.15. The van der Waals surface area contributed by atoms with Crippen molar-refractivity contribution >= 4 is 0 Å². The van der Waals surface area contributed by atoms with Gasteiger partial charge in [-0.2, -0.15) is 0 Å². The minimum atomic E-state index is -0.214. The van der Waals surface area contributed by atoms with Crippen LogP contribution in [0.15, 0.2) is 24.3 Å². The van der Waals surface area contributed by atoms with Crippen molar-refractivity contribution in [3.8, 4) is 5.75 Å². The van der Waals surface area contributed by atoms with E-state index in [0.717, 1.165) is 12.2 Å². The van der Waals surface area contributed by atoms with E-state index in [0.29, 0.717) is 12.0 Å². The zero-order valence-electron chi connectivity index (χ0n) is 7.66. The van der Waals surface area contributed by atoms with Gasteiger partial charge in [-0.1, -0.05) is 6.92 Å². The van der Waals surface area contributed by atoms with Gasteiger partial charge in [0.1, 0.15) is 17.7 Å². The first-order chi connectivity index (χ1) is 6.25. The van der Waals surface area contributed by atoms with Crippen molar-refractivity contribution in [2.24, 2.45) is 5.92 Å². The molecule has 2 atom stereocenters. The highest BCUT2D eigenvalue weighted by molar-refractivity contribution is 5.22. The Morgan fingerprint density at radius 2 is 1.92 bits per heavy atom. The second kappa shape index (κ2) is 3.36. The van der Waals surface area contributed by atoms with Gasteiger partial charge in [-0.15, -0.1) is 0 Å². The Hall–Kier alpha value is -1.05. The normalized spacial score (nSPS) is 26.6. The summed E-state index contributed by atoms with van der Waals surface area (Å²) in [6.07, 6.45) is 2.70. The summed E-state index contributed by atoms with van der Waals surface area (Å²) in [5, 5.41) is 0. The highest BCUT2D eigenvalue weighted by Crippen LogP contribution is 2.30. The Bertz CT molecular complexity index is 281. The van der Waals surface area contributed by atoms with E-state index in [4.69, 9.17) is 4.74 Å². The van der Waals surface area contributed by atoms with Gasteiger partial charge in [0.2, 0.25) is 0 Å². The van der Waals surface area contributed by atoms with Gasteiger partial charge < -0.3 is 4.74 Å². The molecule has 0 bridgehead atoms. The van der Waals surface area contributed by atoms with Crippen molar-refractivity contribution in [2.75, 3.05) is 0 Å². The number of hydrogen-bond donors (Lipinski definition) is 0. The SMILES string of the molecule is C[C@H]1CC[C@H]1Oc1ccc(F)cc1. The third-order valence-electron chi connectivity index (χ3n) is 2.64. The summed E-state index contributed by atoms with van der Waals surface area (Å²) in [6.45, 7) is 2.18. The Kier molecular flexibility index (Phi) is 2.21. The fraction of sp³-hybridized carbons (Fsp3) is 0.455. The molecule has 1 aliphatic carbocycles. The van der Waals surface area contributed by atoms with E-state index >= 15 is 0 Å². The van der Waals surface area contributed by atoms with Crippen LogP contribution in [0, 0.1) is 11.7 Å². The molecule has 70 valence electrons. The molecule has 1 nitrogen and oxygen atoms in total. The molecule has 2 heteroatoms. The lowest BCUT2D eigenvalue weighted by atomic mass is 9.83. The molecule has 0 aliphatic heterocycles. The third kappa shape index (κ3) is 1.82. The molecular weight excluding hydrogens is 167 g/mol. The van der Waals surface area contributed by atoms with Gasteiger partial charge in [-0.05, 0) is 43.0 Å². The van der Waals surface area contributed by atoms with Crippen molar-refractivity contribution in [3.05, 3.63) is 30.1 Å². The minimum Gasteiger partial charge on any atom is -0.490 e. The Morgan fingerprint density at radius 1 is 1.23 bits per heavy atom. The van der Waals surface area contributed by atoms with E-state index in [1.165, 1.54) is 18.6 Å². The number of rotatable bonds is 2. The third-order valence-corrected chi connectivity index (χ3v) is 2.64. The zero-order chi connectivity index (χ0) is 9.26. The average molecular weight is 180 g/mol. The van der Waals surface area contributed by atoms with Gasteiger partial charge >= 0.3 is 0 Å². The standard InChI is InChI=1S/C11H13FO/c1-8-2-7-11(8)13-10-5-3-9(12)4-6-10/h3-6,8,11H,2,7H2,1H3/t8-,11+/m0/s1. The van der Waals surface area contributed by atoms with E-state index in [1.54, 1.807) is 12.1 Å². The molecule has 0 saturated heterocycles. The number of hydrogen-bond acceptors (Lipinski definition) is 1. The molecule has 0 N–H and O–H groups in total. The second-order valence-corrected chi connectivity index (χ2v) is 3.66. The Morgan fingerprint density at radius 3 is 2.38 bits per heavy atom. The van der Waals surface area contributed by atoms with Crippen LogP contribution in [0.2, 0.25) is 0 Å². The lowest BCUT2D eigenvalue weighted by molar-refractivity contribution is 0.0576. The first-order valence-corrected chi connectivity index (χ1v) is 4.68. The maximum atomic E-state index is 12.5. The topological polar surface area (TPSA) is 9.23 Å². The number of halogens is 1. The van der Waals surface area contributed by atoms with Crippen LogP contribution in [0.25, 0.3) is 0 Å². The van der Waals surface area contributed by atoms with Gasteiger partial charge in [0.05, 0.1) is 0 Å². The van der Waals surface area contributed by atoms with Crippen LogP contribution >= 0.6 is 0 Å². The van der Waals surface area contributed by atoms with E-state index in [2.05, 4.69) is 6.92 Å². The molecule has 1 saturated carbocycles. The molecule has 0 heterocycles. The highest BCUT2D eigenvalue weighted by Gasteiger charge is 2.28. The van der Waals surface area contributed by atoms with Gasteiger partial charge in [0.25, 0.3) is 0 Å². The Labute approximate surface area is 77.5 Å². The summed E-state index contributed by atoms with van der Waals surface area (Å²) in [7, 11) is 0. The molecule has 1 aliphatic rings. The van der Waals surface area contributed by atoms with E-state index < -0.39 is 0 Å². The van der Waals surface area contributed by atoms with Crippen LogP contribution in [-0.2, 0) is 0 Å². The van der Waals surface area contributed by atoms with Gasteiger partial charge in [0.15, 0.2) is 0 Å². The maximum Gasteiger partial charge on any atom is 0.123 e. The van der Waals surface area contributed by atoms with Crippen LogP contribution in [0.3, 0.4) is 0 Å². The fourth-order valence-electron chi connectivity index (χ4n) is 1.50. The number of ether oxygens (including phenoxy) is 1. The van der Waals surface area contributed by atoms with Gasteiger partial charge in [0, 0.05) is 0 Å². The van der Waals surface area contributed by atoms with Crippen LogP contribution in [-0.4, -0.2) is 6.10 Å². The lowest BCUT2D eigenvalue weighted by Crippen LogP contribution is -2.34. The maximum absolute atomic E-state index is 12.5. The molecule has 0 amide bonds. The van der Waals surface area contributed by atoms with Crippen LogP contribution < -0.4 is 4.74 Å². The highest BCUT2D eigenvalue weighted by atomic mass is 19.1. The lowest BCUT2D eigenvalue weighted by Gasteiger charge is -2.33. The zero-order valence-corrected chi connectivity index (χ0v) is 7.66. The van der Waals surface area contributed by atoms with Gasteiger partial charge in [-0.25, -0.2) is 4.39 Å². The van der Waals surface area contributed by atoms with Crippen molar-refractivity contribution in [1.29, 1.82) is 0 Å². The molecule has 0 radical (unpaired) electrons. The molecule has 0 spiro atoms. The minimum absolute atomic E-state index is 0.214. The molecule has 1 aromatic carbocycles. The van der Waals surface area contributed by atoms with Crippen LogP contribution in [0.5, 0.6) is 5.75 Å². The summed E-state index contributed by atoms with van der Waals surface area (Å²) in [4.78, 5) is 0. The fourth-order valence-corrected chi connectivity index (χ4v) is 1.50. The first-order valence-electron chi connectivity index (χ1n) is 4.68. The molecular formula is C11H13FO. The monoisotopic (exact) mass is 180 g/mol. The van der Waals surface area contributed by atoms with Crippen LogP contribution in [0.4, 0.5) is 4.39 Å². The number of benzene rings is 1. The van der Waals surface area contributed by atoms with Crippen molar-refractivity contribution in [1.82, 2.24) is 0 Å². The largest absolute Gasteiger partial charge is 0.490 e. The predicted octanol–water partition coefficient (Wildman–Crippen LogP) is 3.00. The van der Waals surface area contributed by atoms with Gasteiger partial charge in [-0.3, -0.25) is 0 Å². The molecule has 1 fully saturated rings. The molecule has 0 unspecified atom stereocenters. The summed E-state index contributed by atoms with van der Waals surface area (Å²) in [6, 6.07) is 6.22. The molecule has 2 rings (SSSR count). The summed E-state index contributed by atoms with van der Waals surface area (Å²) < 4.78 is 18.2. The molecule has 1 aromatic rings. The van der Waals surface area contributed by atoms with E-state index in [9.17, 15) is 4.39 Å². The molecule has 13 heavy (non-hydrogen) atoms. The van der Waals surface area contributed by atoms with E-state index in [1.807, 2.05) is 0 Å². The van der Waals surface area contributed by atoms with E-state index in [-0.39, 0.29) is 5.82 Å². The van der Waals surface area contributed by atoms with Crippen molar-refractivity contribution in [2.45, 2.75) is 25.9 Å². The predicted molar refractivity (Wildman–Crippen MR) is 49.2 cm³/mol. The quantitative estimate of drug-likeness (QED) is 0.679. The smallest absolute Gasteiger partial charge is 0.123 e.